The van der Waals surface area contributed by atoms with Crippen LogP contribution in [0.1, 0.15) is 33.6 Å². The molecule has 0 rings (SSSR count). The van der Waals surface area contributed by atoms with E-state index in [-0.39, 0.29) is 18.6 Å². The SMILES string of the molecule is C=CC(=O)CCC(NC(=O)OC(C)(C)C)C(=O)O. The van der Waals surface area contributed by atoms with Gasteiger partial charge >= 0.3 is 12.1 Å². The summed E-state index contributed by atoms with van der Waals surface area (Å²) in [5.74, 6) is -1.48. The zero-order chi connectivity index (χ0) is 14.3. The van der Waals surface area contributed by atoms with Gasteiger partial charge in [-0.3, -0.25) is 4.79 Å². The Morgan fingerprint density at radius 2 is 1.94 bits per heavy atom. The average Bonchev–Trinajstić information content (AvgIpc) is 2.20. The lowest BCUT2D eigenvalue weighted by molar-refractivity contribution is -0.139. The quantitative estimate of drug-likeness (QED) is 0.703. The van der Waals surface area contributed by atoms with E-state index in [1.165, 1.54) is 0 Å². The van der Waals surface area contributed by atoms with Gasteiger partial charge in [0, 0.05) is 6.42 Å². The second-order valence-electron chi connectivity index (χ2n) is 4.75. The zero-order valence-electron chi connectivity index (χ0n) is 10.9. The first-order valence-corrected chi connectivity index (χ1v) is 5.53. The van der Waals surface area contributed by atoms with Crippen LogP contribution in [0, 0.1) is 0 Å². The van der Waals surface area contributed by atoms with Crippen LogP contribution in [0.2, 0.25) is 0 Å². The van der Waals surface area contributed by atoms with Crippen LogP contribution in [0.4, 0.5) is 4.79 Å². The third kappa shape index (κ3) is 7.43. The van der Waals surface area contributed by atoms with Crippen molar-refractivity contribution in [3.63, 3.8) is 0 Å². The minimum absolute atomic E-state index is 0.000566. The number of hydrogen-bond acceptors (Lipinski definition) is 4. The molecule has 0 spiro atoms. The molecule has 1 unspecified atom stereocenters. The molecule has 0 saturated heterocycles. The Morgan fingerprint density at radius 3 is 2.33 bits per heavy atom. The van der Waals surface area contributed by atoms with Crippen molar-refractivity contribution in [1.29, 1.82) is 0 Å². The fourth-order valence-corrected chi connectivity index (χ4v) is 1.10. The Kier molecular flexibility index (Phi) is 6.08. The smallest absolute Gasteiger partial charge is 0.408 e. The summed E-state index contributed by atoms with van der Waals surface area (Å²) in [5.41, 5.74) is -0.704. The number of alkyl carbamates (subject to hydrolysis) is 1. The van der Waals surface area contributed by atoms with Crippen LogP contribution in [-0.4, -0.2) is 34.6 Å². The largest absolute Gasteiger partial charge is 0.480 e. The van der Waals surface area contributed by atoms with Gasteiger partial charge in [-0.05, 0) is 33.3 Å². The Morgan fingerprint density at radius 1 is 1.39 bits per heavy atom. The van der Waals surface area contributed by atoms with Gasteiger partial charge in [0.05, 0.1) is 0 Å². The molecule has 0 aromatic rings. The van der Waals surface area contributed by atoms with Crippen molar-refractivity contribution in [1.82, 2.24) is 5.32 Å². The summed E-state index contributed by atoms with van der Waals surface area (Å²) < 4.78 is 4.93. The van der Waals surface area contributed by atoms with Gasteiger partial charge in [-0.2, -0.15) is 0 Å². The minimum atomic E-state index is -1.21. The number of amides is 1. The molecular weight excluding hydrogens is 238 g/mol. The molecule has 1 atom stereocenters. The molecular formula is C12H19NO5. The Bertz CT molecular complexity index is 343. The molecule has 0 bridgehead atoms. The van der Waals surface area contributed by atoms with Crippen molar-refractivity contribution < 1.29 is 24.2 Å². The van der Waals surface area contributed by atoms with Gasteiger partial charge in [0.1, 0.15) is 11.6 Å². The van der Waals surface area contributed by atoms with E-state index >= 15 is 0 Å². The van der Waals surface area contributed by atoms with Crippen molar-refractivity contribution in [2.24, 2.45) is 0 Å². The average molecular weight is 257 g/mol. The first-order chi connectivity index (χ1) is 8.15. The molecule has 102 valence electrons. The number of allylic oxidation sites excluding steroid dienone is 1. The molecule has 0 heterocycles. The number of rotatable bonds is 6. The number of carboxylic acids is 1. The number of carbonyl (C=O) groups is 3. The number of carbonyl (C=O) groups excluding carboxylic acids is 2. The van der Waals surface area contributed by atoms with Crippen LogP contribution in [0.3, 0.4) is 0 Å². The normalized spacial score (nSPS) is 12.4. The summed E-state index contributed by atoms with van der Waals surface area (Å²) in [4.78, 5) is 33.3. The standard InChI is InChI=1S/C12H19NO5/c1-5-8(14)6-7-9(10(15)16)13-11(17)18-12(2,3)4/h5,9H,1,6-7H2,2-4H3,(H,13,17)(H,15,16). The second-order valence-corrected chi connectivity index (χ2v) is 4.75. The summed E-state index contributed by atoms with van der Waals surface area (Å²) in [6, 6.07) is -1.15. The van der Waals surface area contributed by atoms with E-state index < -0.39 is 23.7 Å². The summed E-state index contributed by atoms with van der Waals surface area (Å²) in [6.07, 6.45) is 0.309. The van der Waals surface area contributed by atoms with E-state index in [9.17, 15) is 14.4 Å². The van der Waals surface area contributed by atoms with Gasteiger partial charge < -0.3 is 15.2 Å². The first-order valence-electron chi connectivity index (χ1n) is 5.53. The molecule has 1 amide bonds. The highest BCUT2D eigenvalue weighted by Gasteiger charge is 2.24. The highest BCUT2D eigenvalue weighted by atomic mass is 16.6. The molecule has 0 aromatic carbocycles. The van der Waals surface area contributed by atoms with Gasteiger partial charge in [0.15, 0.2) is 5.78 Å². The van der Waals surface area contributed by atoms with E-state index in [1.54, 1.807) is 20.8 Å². The number of hydrogen-bond donors (Lipinski definition) is 2. The molecule has 0 aromatic heterocycles. The highest BCUT2D eigenvalue weighted by molar-refractivity contribution is 5.89. The molecule has 6 nitrogen and oxygen atoms in total. The molecule has 2 N–H and O–H groups in total. The minimum Gasteiger partial charge on any atom is -0.480 e. The molecule has 6 heteroatoms. The van der Waals surface area contributed by atoms with Crippen LogP contribution in [0.15, 0.2) is 12.7 Å². The van der Waals surface area contributed by atoms with Crippen LogP contribution in [0.25, 0.3) is 0 Å². The van der Waals surface area contributed by atoms with E-state index in [1.807, 2.05) is 0 Å². The topological polar surface area (TPSA) is 92.7 Å². The third-order valence-corrected chi connectivity index (χ3v) is 1.90. The van der Waals surface area contributed by atoms with E-state index in [0.717, 1.165) is 6.08 Å². The Balaban J connectivity index is 4.36. The van der Waals surface area contributed by atoms with Crippen molar-refractivity contribution >= 4 is 17.8 Å². The molecule has 18 heavy (non-hydrogen) atoms. The van der Waals surface area contributed by atoms with Gasteiger partial charge in [-0.25, -0.2) is 9.59 Å². The fraction of sp³-hybridized carbons (Fsp3) is 0.583. The summed E-state index contributed by atoms with van der Waals surface area (Å²) in [5, 5.41) is 11.1. The summed E-state index contributed by atoms with van der Waals surface area (Å²) >= 11 is 0. The number of aliphatic carboxylic acids is 1. The van der Waals surface area contributed by atoms with Gasteiger partial charge in [0.25, 0.3) is 0 Å². The molecule has 0 aliphatic rings. The Labute approximate surface area is 106 Å². The predicted molar refractivity (Wildman–Crippen MR) is 65.2 cm³/mol. The maximum Gasteiger partial charge on any atom is 0.408 e. The van der Waals surface area contributed by atoms with E-state index in [2.05, 4.69) is 11.9 Å². The summed E-state index contributed by atoms with van der Waals surface area (Å²) in [6.45, 7) is 8.29. The zero-order valence-corrected chi connectivity index (χ0v) is 10.9. The lowest BCUT2D eigenvalue weighted by atomic mass is 10.1. The predicted octanol–water partition coefficient (Wildman–Crippen LogP) is 1.50. The maximum atomic E-state index is 11.4. The van der Waals surface area contributed by atoms with Crippen LogP contribution >= 0.6 is 0 Å². The van der Waals surface area contributed by atoms with Crippen molar-refractivity contribution in [2.45, 2.75) is 45.3 Å². The van der Waals surface area contributed by atoms with Crippen molar-refractivity contribution in [2.75, 3.05) is 0 Å². The van der Waals surface area contributed by atoms with Gasteiger partial charge in [-0.1, -0.05) is 6.58 Å². The first kappa shape index (κ1) is 16.1. The highest BCUT2D eigenvalue weighted by Crippen LogP contribution is 2.08. The summed E-state index contributed by atoms with van der Waals surface area (Å²) in [7, 11) is 0. The van der Waals surface area contributed by atoms with E-state index in [4.69, 9.17) is 9.84 Å². The second kappa shape index (κ2) is 6.78. The van der Waals surface area contributed by atoms with Crippen LogP contribution in [0.5, 0.6) is 0 Å². The van der Waals surface area contributed by atoms with E-state index in [0.29, 0.717) is 0 Å². The van der Waals surface area contributed by atoms with Crippen LogP contribution < -0.4 is 5.32 Å². The molecule has 0 fully saturated rings. The molecule has 0 radical (unpaired) electrons. The van der Waals surface area contributed by atoms with Crippen molar-refractivity contribution in [3.05, 3.63) is 12.7 Å². The lowest BCUT2D eigenvalue weighted by Crippen LogP contribution is -2.43. The monoisotopic (exact) mass is 257 g/mol. The number of ether oxygens (including phenoxy) is 1. The van der Waals surface area contributed by atoms with Gasteiger partial charge in [-0.15, -0.1) is 0 Å². The van der Waals surface area contributed by atoms with Crippen LogP contribution in [-0.2, 0) is 14.3 Å². The Hall–Kier alpha value is -1.85. The molecule has 0 aliphatic heterocycles. The molecule has 0 saturated carbocycles. The number of ketones is 1. The fourth-order valence-electron chi connectivity index (χ4n) is 1.10. The molecule has 0 aliphatic carbocycles. The number of nitrogens with one attached hydrogen (secondary N) is 1. The maximum absolute atomic E-state index is 11.4. The van der Waals surface area contributed by atoms with Gasteiger partial charge in [0.2, 0.25) is 0 Å². The number of carboxylic acid groups (broad SMARTS) is 1. The van der Waals surface area contributed by atoms with Crippen molar-refractivity contribution in [3.8, 4) is 0 Å². The third-order valence-electron chi connectivity index (χ3n) is 1.90. The lowest BCUT2D eigenvalue weighted by Gasteiger charge is -2.21.